The van der Waals surface area contributed by atoms with Crippen molar-refractivity contribution in [2.24, 2.45) is 5.73 Å². The van der Waals surface area contributed by atoms with Gasteiger partial charge in [-0.1, -0.05) is 0 Å². The minimum Gasteiger partial charge on any atom is -0.332 e. The normalized spacial score (nSPS) is 29.6. The molecule has 0 aliphatic carbocycles. The molecule has 102 valence electrons. The second-order valence-corrected chi connectivity index (χ2v) is 5.71. The highest BCUT2D eigenvalue weighted by atomic mass is 16.2. The Balaban J connectivity index is 1.91. The quantitative estimate of drug-likeness (QED) is 0.784. The van der Waals surface area contributed by atoms with Crippen molar-refractivity contribution in [2.75, 3.05) is 0 Å². The Morgan fingerprint density at radius 3 is 2.53 bits per heavy atom. The maximum absolute atomic E-state index is 12.6. The topological polar surface area (TPSA) is 79.2 Å². The summed E-state index contributed by atoms with van der Waals surface area (Å²) >= 11 is 0. The van der Waals surface area contributed by atoms with E-state index in [0.717, 1.165) is 31.4 Å². The first kappa shape index (κ1) is 12.4. The van der Waals surface area contributed by atoms with Gasteiger partial charge in [0.25, 0.3) is 11.5 Å². The lowest BCUT2D eigenvalue weighted by molar-refractivity contribution is 0.0573. The molecule has 1 aromatic rings. The molecule has 0 aromatic carbocycles. The van der Waals surface area contributed by atoms with Crippen LogP contribution in [0.1, 0.15) is 41.7 Å². The number of nitrogens with zero attached hydrogens (tertiary/aromatic N) is 1. The lowest BCUT2D eigenvalue weighted by Gasteiger charge is -2.37. The maximum Gasteiger partial charge on any atom is 0.260 e. The number of fused-ring (bicyclic) bond motifs is 2. The first-order valence-electron chi connectivity index (χ1n) is 6.84. The zero-order chi connectivity index (χ0) is 13.6. The highest BCUT2D eigenvalue weighted by Gasteiger charge is 2.42. The number of hydrogen-bond acceptors (Lipinski definition) is 3. The van der Waals surface area contributed by atoms with Crippen molar-refractivity contribution < 1.29 is 4.79 Å². The summed E-state index contributed by atoms with van der Waals surface area (Å²) < 4.78 is 0. The Kier molecular flexibility index (Phi) is 2.93. The smallest absolute Gasteiger partial charge is 0.260 e. The van der Waals surface area contributed by atoms with Gasteiger partial charge >= 0.3 is 0 Å². The third-order valence-electron chi connectivity index (χ3n) is 4.29. The van der Waals surface area contributed by atoms with Crippen LogP contribution in [0.15, 0.2) is 16.9 Å². The SMILES string of the molecule is Cc1ccc(C(=O)N2C3CCC2CC(N)C3)c(=O)[nH]1. The van der Waals surface area contributed by atoms with E-state index in [2.05, 4.69) is 4.98 Å². The molecule has 2 bridgehead atoms. The molecule has 1 aromatic heterocycles. The number of pyridine rings is 1. The maximum atomic E-state index is 12.6. The summed E-state index contributed by atoms with van der Waals surface area (Å²) in [5.74, 6) is -0.138. The zero-order valence-electron chi connectivity index (χ0n) is 11.1. The molecule has 19 heavy (non-hydrogen) atoms. The van der Waals surface area contributed by atoms with E-state index in [1.807, 2.05) is 4.90 Å². The van der Waals surface area contributed by atoms with Crippen LogP contribution in [0.2, 0.25) is 0 Å². The third-order valence-corrected chi connectivity index (χ3v) is 4.29. The molecular weight excluding hydrogens is 242 g/mol. The minimum atomic E-state index is -0.292. The molecule has 2 fully saturated rings. The monoisotopic (exact) mass is 261 g/mol. The van der Waals surface area contributed by atoms with Crippen LogP contribution in [0, 0.1) is 6.92 Å². The Bertz CT molecular complexity index is 552. The molecule has 0 radical (unpaired) electrons. The number of hydrogen-bond donors (Lipinski definition) is 2. The number of nitrogens with two attached hydrogens (primary N) is 1. The molecule has 2 aliphatic heterocycles. The molecule has 3 N–H and O–H groups in total. The summed E-state index contributed by atoms with van der Waals surface area (Å²) in [5.41, 5.74) is 6.72. The first-order valence-corrected chi connectivity index (χ1v) is 6.84. The van der Waals surface area contributed by atoms with Crippen LogP contribution >= 0.6 is 0 Å². The molecule has 5 heteroatoms. The van der Waals surface area contributed by atoms with Crippen molar-refractivity contribution in [3.63, 3.8) is 0 Å². The van der Waals surface area contributed by atoms with Crippen LogP contribution in [0.3, 0.4) is 0 Å². The van der Waals surface area contributed by atoms with Gasteiger partial charge in [0.2, 0.25) is 0 Å². The van der Waals surface area contributed by atoms with Crippen molar-refractivity contribution in [1.82, 2.24) is 9.88 Å². The second-order valence-electron chi connectivity index (χ2n) is 5.71. The average Bonchev–Trinajstić information content (AvgIpc) is 2.61. The van der Waals surface area contributed by atoms with Crippen LogP contribution < -0.4 is 11.3 Å². The predicted molar refractivity (Wildman–Crippen MR) is 72.0 cm³/mol. The van der Waals surface area contributed by atoms with E-state index >= 15 is 0 Å². The zero-order valence-corrected chi connectivity index (χ0v) is 11.1. The van der Waals surface area contributed by atoms with Crippen molar-refractivity contribution in [3.05, 3.63) is 33.7 Å². The number of aryl methyl sites for hydroxylation is 1. The predicted octanol–water partition coefficient (Wildman–Crippen LogP) is 0.778. The van der Waals surface area contributed by atoms with Gasteiger partial charge in [-0.25, -0.2) is 0 Å². The Morgan fingerprint density at radius 2 is 1.95 bits per heavy atom. The Morgan fingerprint density at radius 1 is 1.32 bits per heavy atom. The lowest BCUT2D eigenvalue weighted by Crippen LogP contribution is -2.51. The number of carbonyl (C=O) groups excluding carboxylic acids is 1. The number of carbonyl (C=O) groups is 1. The van der Waals surface area contributed by atoms with Gasteiger partial charge in [0.1, 0.15) is 5.56 Å². The van der Waals surface area contributed by atoms with E-state index in [4.69, 9.17) is 5.73 Å². The van der Waals surface area contributed by atoms with Gasteiger partial charge < -0.3 is 15.6 Å². The van der Waals surface area contributed by atoms with Crippen molar-refractivity contribution >= 4 is 5.91 Å². The summed E-state index contributed by atoms with van der Waals surface area (Å²) in [6.45, 7) is 1.80. The van der Waals surface area contributed by atoms with Crippen LogP contribution in [0.25, 0.3) is 0 Å². The minimum absolute atomic E-state index is 0.138. The molecule has 3 heterocycles. The fraction of sp³-hybridized carbons (Fsp3) is 0.571. The van der Waals surface area contributed by atoms with E-state index in [9.17, 15) is 9.59 Å². The number of nitrogens with one attached hydrogen (secondary N) is 1. The van der Waals surface area contributed by atoms with E-state index in [0.29, 0.717) is 0 Å². The fourth-order valence-electron chi connectivity index (χ4n) is 3.43. The summed E-state index contributed by atoms with van der Waals surface area (Å²) in [7, 11) is 0. The molecule has 2 unspecified atom stereocenters. The number of H-pyrrole nitrogens is 1. The number of aromatic amines is 1. The lowest BCUT2D eigenvalue weighted by atomic mass is 9.97. The van der Waals surface area contributed by atoms with E-state index < -0.39 is 0 Å². The molecule has 3 rings (SSSR count). The van der Waals surface area contributed by atoms with Gasteiger partial charge in [-0.2, -0.15) is 0 Å². The van der Waals surface area contributed by atoms with E-state index in [1.54, 1.807) is 19.1 Å². The highest BCUT2D eigenvalue weighted by Crippen LogP contribution is 2.35. The molecular formula is C14H19N3O2. The summed E-state index contributed by atoms with van der Waals surface area (Å²) in [4.78, 5) is 29.0. The fourth-order valence-corrected chi connectivity index (χ4v) is 3.43. The van der Waals surface area contributed by atoms with Gasteiger partial charge in [-0.3, -0.25) is 9.59 Å². The Labute approximate surface area is 111 Å². The molecule has 2 atom stereocenters. The molecule has 1 amide bonds. The number of rotatable bonds is 1. The largest absolute Gasteiger partial charge is 0.332 e. The molecule has 2 aliphatic rings. The van der Waals surface area contributed by atoms with Crippen molar-refractivity contribution in [2.45, 2.75) is 50.7 Å². The molecule has 2 saturated heterocycles. The van der Waals surface area contributed by atoms with Gasteiger partial charge in [0, 0.05) is 23.8 Å². The molecule has 0 saturated carbocycles. The summed E-state index contributed by atoms with van der Waals surface area (Å²) in [5, 5.41) is 0. The number of aromatic nitrogens is 1. The van der Waals surface area contributed by atoms with Crippen molar-refractivity contribution in [3.8, 4) is 0 Å². The van der Waals surface area contributed by atoms with Gasteiger partial charge in [-0.15, -0.1) is 0 Å². The van der Waals surface area contributed by atoms with E-state index in [-0.39, 0.29) is 35.2 Å². The van der Waals surface area contributed by atoms with Crippen LogP contribution in [0.5, 0.6) is 0 Å². The van der Waals surface area contributed by atoms with Crippen molar-refractivity contribution in [1.29, 1.82) is 0 Å². The van der Waals surface area contributed by atoms with Gasteiger partial charge in [-0.05, 0) is 44.7 Å². The van der Waals surface area contributed by atoms with Crippen LogP contribution in [-0.4, -0.2) is 33.9 Å². The van der Waals surface area contributed by atoms with Gasteiger partial charge in [0.05, 0.1) is 0 Å². The molecule has 0 spiro atoms. The first-order chi connectivity index (χ1) is 9.06. The summed E-state index contributed by atoms with van der Waals surface area (Å²) in [6, 6.07) is 4.01. The number of amides is 1. The molecule has 5 nitrogen and oxygen atoms in total. The third kappa shape index (κ3) is 2.08. The van der Waals surface area contributed by atoms with Gasteiger partial charge in [0.15, 0.2) is 0 Å². The standard InChI is InChI=1S/C14H19N3O2/c1-8-2-5-12(13(18)16-8)14(19)17-10-3-4-11(17)7-9(15)6-10/h2,5,9-11H,3-4,6-7,15H2,1H3,(H,16,18). The summed E-state index contributed by atoms with van der Waals surface area (Å²) in [6.07, 6.45) is 3.72. The number of piperidine rings is 1. The Hall–Kier alpha value is -1.62. The highest BCUT2D eigenvalue weighted by molar-refractivity contribution is 5.94. The average molecular weight is 261 g/mol. The second kappa shape index (κ2) is 4.49. The van der Waals surface area contributed by atoms with Crippen LogP contribution in [0.4, 0.5) is 0 Å². The van der Waals surface area contributed by atoms with Crippen LogP contribution in [-0.2, 0) is 0 Å². The van der Waals surface area contributed by atoms with E-state index in [1.165, 1.54) is 0 Å².